The van der Waals surface area contributed by atoms with E-state index in [4.69, 9.17) is 0 Å². The molecule has 0 radical (unpaired) electrons. The summed E-state index contributed by atoms with van der Waals surface area (Å²) in [7, 11) is -1.59. The molecule has 2 rings (SSSR count). The van der Waals surface area contributed by atoms with Crippen molar-refractivity contribution in [2.24, 2.45) is 4.99 Å². The average molecular weight is 419 g/mol. The number of halogens is 2. The van der Waals surface area contributed by atoms with E-state index < -0.39 is 16.6 Å². The van der Waals surface area contributed by atoms with Crippen LogP contribution in [-0.4, -0.2) is 66.0 Å². The van der Waals surface area contributed by atoms with E-state index in [0.717, 1.165) is 6.42 Å². The summed E-state index contributed by atoms with van der Waals surface area (Å²) >= 11 is 0. The molecule has 0 aliphatic carbocycles. The van der Waals surface area contributed by atoms with Crippen LogP contribution in [0.2, 0.25) is 0 Å². The van der Waals surface area contributed by atoms with Crippen molar-refractivity contribution in [3.05, 3.63) is 24.3 Å². The van der Waals surface area contributed by atoms with Gasteiger partial charge < -0.3 is 20.3 Å². The first-order valence-electron chi connectivity index (χ1n) is 9.08. The van der Waals surface area contributed by atoms with Gasteiger partial charge in [0, 0.05) is 39.3 Å². The van der Waals surface area contributed by atoms with Gasteiger partial charge in [-0.3, -0.25) is 4.99 Å². The van der Waals surface area contributed by atoms with Crippen LogP contribution in [0.4, 0.5) is 14.5 Å². The van der Waals surface area contributed by atoms with Gasteiger partial charge in [-0.15, -0.1) is 0 Å². The van der Waals surface area contributed by atoms with Gasteiger partial charge in [0.05, 0.1) is 11.4 Å². The molecule has 0 amide bonds. The van der Waals surface area contributed by atoms with Gasteiger partial charge in [-0.1, -0.05) is 12.1 Å². The molecule has 0 aromatic heterocycles. The lowest BCUT2D eigenvalue weighted by Gasteiger charge is -2.22. The minimum absolute atomic E-state index is 0.0363. The van der Waals surface area contributed by atoms with Gasteiger partial charge >= 0.3 is 6.61 Å². The number of hydrogen-bond donors (Lipinski definition) is 3. The smallest absolute Gasteiger partial charge is 0.387 e. The highest BCUT2D eigenvalue weighted by Gasteiger charge is 2.26. The molecule has 3 N–H and O–H groups in total. The standard InChI is InChI=1S/C17H27F2N5O3S/c1-3-28(25,26)22-10-9-21-17(20-2)23-13-8-11-24(12-13)14-6-4-5-7-15(14)27-16(18)19/h4-7,13,16,22H,3,8-12H2,1-2H3,(H2,20,21,23). The summed E-state index contributed by atoms with van der Waals surface area (Å²) in [5, 5.41) is 6.32. The van der Waals surface area contributed by atoms with Crippen LogP contribution in [0.25, 0.3) is 0 Å². The number of sulfonamides is 1. The average Bonchev–Trinajstić information content (AvgIpc) is 3.12. The van der Waals surface area contributed by atoms with E-state index in [1.807, 2.05) is 4.90 Å². The van der Waals surface area contributed by atoms with Crippen LogP contribution in [0.1, 0.15) is 13.3 Å². The summed E-state index contributed by atoms with van der Waals surface area (Å²) in [6, 6.07) is 6.79. The zero-order valence-corrected chi connectivity index (χ0v) is 16.8. The number of ether oxygens (including phenoxy) is 1. The topological polar surface area (TPSA) is 95.1 Å². The van der Waals surface area contributed by atoms with Gasteiger partial charge in [0.25, 0.3) is 0 Å². The van der Waals surface area contributed by atoms with Crippen LogP contribution in [-0.2, 0) is 10.0 Å². The molecule has 28 heavy (non-hydrogen) atoms. The highest BCUT2D eigenvalue weighted by Crippen LogP contribution is 2.31. The SMILES string of the molecule is CCS(=O)(=O)NCCNC(=NC)NC1CCN(c2ccccc2OC(F)F)C1. The lowest BCUT2D eigenvalue weighted by atomic mass is 10.2. The van der Waals surface area contributed by atoms with Crippen LogP contribution in [0.5, 0.6) is 5.75 Å². The van der Waals surface area contributed by atoms with Gasteiger partial charge in [0.15, 0.2) is 5.96 Å². The van der Waals surface area contributed by atoms with Crippen molar-refractivity contribution in [3.63, 3.8) is 0 Å². The van der Waals surface area contributed by atoms with E-state index in [1.165, 1.54) is 6.07 Å². The van der Waals surface area contributed by atoms with Crippen LogP contribution in [0.3, 0.4) is 0 Å². The fraction of sp³-hybridized carbons (Fsp3) is 0.588. The van der Waals surface area contributed by atoms with E-state index in [0.29, 0.717) is 31.3 Å². The Labute approximate surface area is 164 Å². The molecular weight excluding hydrogens is 392 g/mol. The molecule has 0 saturated carbocycles. The van der Waals surface area contributed by atoms with Gasteiger partial charge in [-0.2, -0.15) is 8.78 Å². The third-order valence-electron chi connectivity index (χ3n) is 4.29. The van der Waals surface area contributed by atoms with Crippen LogP contribution < -0.4 is 25.0 Å². The lowest BCUT2D eigenvalue weighted by molar-refractivity contribution is -0.0495. The van der Waals surface area contributed by atoms with Crippen LogP contribution in [0.15, 0.2) is 29.3 Å². The molecule has 1 fully saturated rings. The Kier molecular flexibility index (Phi) is 8.24. The van der Waals surface area contributed by atoms with Crippen molar-refractivity contribution in [1.82, 2.24) is 15.4 Å². The fourth-order valence-corrected chi connectivity index (χ4v) is 3.51. The normalized spacial score (nSPS) is 17.8. The summed E-state index contributed by atoms with van der Waals surface area (Å²) in [6.07, 6.45) is 0.798. The molecule has 11 heteroatoms. The second-order valence-electron chi connectivity index (χ2n) is 6.22. The monoisotopic (exact) mass is 419 g/mol. The number of benzene rings is 1. The van der Waals surface area contributed by atoms with E-state index in [9.17, 15) is 17.2 Å². The molecule has 1 saturated heterocycles. The highest BCUT2D eigenvalue weighted by molar-refractivity contribution is 7.89. The quantitative estimate of drug-likeness (QED) is 0.314. The number of nitrogens with zero attached hydrogens (tertiary/aromatic N) is 2. The number of guanidine groups is 1. The number of para-hydroxylation sites is 2. The first kappa shape index (κ1) is 22.2. The lowest BCUT2D eigenvalue weighted by Crippen LogP contribution is -2.46. The molecule has 1 heterocycles. The second-order valence-corrected chi connectivity index (χ2v) is 8.31. The van der Waals surface area contributed by atoms with E-state index in [-0.39, 0.29) is 24.1 Å². The number of nitrogens with one attached hydrogen (secondary N) is 3. The molecule has 1 aromatic rings. The van der Waals surface area contributed by atoms with E-state index in [2.05, 4.69) is 25.1 Å². The number of alkyl halides is 2. The maximum atomic E-state index is 12.6. The van der Waals surface area contributed by atoms with Crippen molar-refractivity contribution in [1.29, 1.82) is 0 Å². The first-order chi connectivity index (χ1) is 13.3. The van der Waals surface area contributed by atoms with Crippen molar-refractivity contribution in [2.75, 3.05) is 43.9 Å². The molecule has 0 bridgehead atoms. The second kappa shape index (κ2) is 10.4. The molecule has 1 aliphatic heterocycles. The maximum absolute atomic E-state index is 12.6. The highest BCUT2D eigenvalue weighted by atomic mass is 32.2. The Morgan fingerprint density at radius 3 is 2.79 bits per heavy atom. The summed E-state index contributed by atoms with van der Waals surface area (Å²) in [6.45, 7) is 0.645. The fourth-order valence-electron chi connectivity index (χ4n) is 2.89. The Hall–Kier alpha value is -2.14. The number of anilines is 1. The molecule has 1 aliphatic rings. The Bertz CT molecular complexity index is 761. The van der Waals surface area contributed by atoms with Crippen LogP contribution in [0, 0.1) is 0 Å². The summed E-state index contributed by atoms with van der Waals surface area (Å²) in [5.41, 5.74) is 0.629. The molecule has 1 atom stereocenters. The number of rotatable bonds is 9. The van der Waals surface area contributed by atoms with Crippen molar-refractivity contribution in [2.45, 2.75) is 26.0 Å². The molecule has 1 unspecified atom stereocenters. The summed E-state index contributed by atoms with van der Waals surface area (Å²) in [5.74, 6) is 0.748. The predicted octanol–water partition coefficient (Wildman–Crippen LogP) is 0.971. The van der Waals surface area contributed by atoms with Crippen molar-refractivity contribution >= 4 is 21.7 Å². The van der Waals surface area contributed by atoms with Gasteiger partial charge in [0.1, 0.15) is 5.75 Å². The van der Waals surface area contributed by atoms with E-state index in [1.54, 1.807) is 32.2 Å². The maximum Gasteiger partial charge on any atom is 0.387 e. The number of aliphatic imine (C=N–C) groups is 1. The zero-order chi connectivity index (χ0) is 20.6. The van der Waals surface area contributed by atoms with E-state index >= 15 is 0 Å². The molecule has 1 aromatic carbocycles. The zero-order valence-electron chi connectivity index (χ0n) is 16.0. The largest absolute Gasteiger partial charge is 0.433 e. The minimum atomic E-state index is -3.22. The Morgan fingerprint density at radius 2 is 2.11 bits per heavy atom. The van der Waals surface area contributed by atoms with Gasteiger partial charge in [-0.05, 0) is 25.5 Å². The third kappa shape index (κ3) is 6.79. The van der Waals surface area contributed by atoms with Crippen LogP contribution >= 0.6 is 0 Å². The van der Waals surface area contributed by atoms with Crippen molar-refractivity contribution in [3.8, 4) is 5.75 Å². The molecular formula is C17H27F2N5O3S. The van der Waals surface area contributed by atoms with Gasteiger partial charge in [-0.25, -0.2) is 13.1 Å². The summed E-state index contributed by atoms with van der Waals surface area (Å²) in [4.78, 5) is 6.12. The molecule has 8 nitrogen and oxygen atoms in total. The Balaban J connectivity index is 1.85. The molecule has 0 spiro atoms. The minimum Gasteiger partial charge on any atom is -0.433 e. The molecule has 158 valence electrons. The predicted molar refractivity (Wildman–Crippen MR) is 106 cm³/mol. The third-order valence-corrected chi connectivity index (χ3v) is 5.70. The van der Waals surface area contributed by atoms with Gasteiger partial charge in [0.2, 0.25) is 10.0 Å². The summed E-state index contributed by atoms with van der Waals surface area (Å²) < 4.78 is 55.1. The first-order valence-corrected chi connectivity index (χ1v) is 10.7. The Morgan fingerprint density at radius 1 is 1.36 bits per heavy atom. The number of hydrogen-bond acceptors (Lipinski definition) is 5. The van der Waals surface area contributed by atoms with Crippen molar-refractivity contribution < 1.29 is 21.9 Å².